The fourth-order valence-corrected chi connectivity index (χ4v) is 1.98. The molecule has 1 aromatic carbocycles. The first kappa shape index (κ1) is 13.4. The van der Waals surface area contributed by atoms with Gasteiger partial charge in [0, 0.05) is 12.6 Å². The van der Waals surface area contributed by atoms with Gasteiger partial charge in [-0.05, 0) is 25.0 Å². The number of rotatable bonds is 5. The third-order valence-electron chi connectivity index (χ3n) is 3.35. The Balaban J connectivity index is 2.19. The summed E-state index contributed by atoms with van der Waals surface area (Å²) in [4.78, 5) is 14.4. The monoisotopic (exact) mass is 257 g/mol. The van der Waals surface area contributed by atoms with Gasteiger partial charge in [0.1, 0.15) is 6.26 Å². The summed E-state index contributed by atoms with van der Waals surface area (Å²) in [6, 6.07) is 12.0. The smallest absolute Gasteiger partial charge is 0.257 e. The quantitative estimate of drug-likeness (QED) is 0.818. The van der Waals surface area contributed by atoms with Gasteiger partial charge in [0.25, 0.3) is 5.91 Å². The number of amides is 1. The number of hydrogen-bond acceptors (Lipinski definition) is 2. The summed E-state index contributed by atoms with van der Waals surface area (Å²) < 4.78 is 5.00. The topological polar surface area (TPSA) is 33.5 Å². The molecular formula is C16H19NO2. The van der Waals surface area contributed by atoms with Crippen LogP contribution in [0.5, 0.6) is 0 Å². The van der Waals surface area contributed by atoms with Crippen molar-refractivity contribution in [2.24, 2.45) is 0 Å². The summed E-state index contributed by atoms with van der Waals surface area (Å²) in [5.74, 6) is 0.0203. The number of carbonyl (C=O) groups excluding carboxylic acids is 1. The van der Waals surface area contributed by atoms with E-state index in [0.717, 1.165) is 12.0 Å². The van der Waals surface area contributed by atoms with Crippen molar-refractivity contribution in [1.29, 1.82) is 0 Å². The van der Waals surface area contributed by atoms with Crippen LogP contribution in [-0.2, 0) is 6.54 Å². The second-order valence-corrected chi connectivity index (χ2v) is 4.69. The van der Waals surface area contributed by atoms with Gasteiger partial charge in [0.2, 0.25) is 0 Å². The molecule has 100 valence electrons. The average molecular weight is 257 g/mol. The lowest BCUT2D eigenvalue weighted by molar-refractivity contribution is 0.0671. The third kappa shape index (κ3) is 3.25. The predicted octanol–water partition coefficient (Wildman–Crippen LogP) is 3.72. The molecule has 3 heteroatoms. The standard InChI is InChI=1S/C16H19NO2/c1-3-13(2)17(11-14-7-5-4-6-8-14)16(18)15-9-10-19-12-15/h4-10,12-13H,3,11H2,1-2H3. The zero-order chi connectivity index (χ0) is 13.7. The van der Waals surface area contributed by atoms with Crippen LogP contribution < -0.4 is 0 Å². The van der Waals surface area contributed by atoms with Crippen molar-refractivity contribution < 1.29 is 9.21 Å². The molecule has 0 aliphatic carbocycles. The Morgan fingerprint density at radius 2 is 2.00 bits per heavy atom. The Labute approximate surface area is 113 Å². The van der Waals surface area contributed by atoms with Gasteiger partial charge in [-0.3, -0.25) is 4.79 Å². The molecule has 0 radical (unpaired) electrons. The highest BCUT2D eigenvalue weighted by atomic mass is 16.3. The molecule has 0 saturated carbocycles. The largest absolute Gasteiger partial charge is 0.472 e. The molecule has 0 aliphatic heterocycles. The van der Waals surface area contributed by atoms with Crippen molar-refractivity contribution in [1.82, 2.24) is 4.90 Å². The van der Waals surface area contributed by atoms with E-state index >= 15 is 0 Å². The second kappa shape index (κ2) is 6.23. The zero-order valence-electron chi connectivity index (χ0n) is 11.4. The zero-order valence-corrected chi connectivity index (χ0v) is 11.4. The minimum absolute atomic E-state index is 0.0203. The van der Waals surface area contributed by atoms with Crippen LogP contribution in [0.15, 0.2) is 53.3 Å². The fraction of sp³-hybridized carbons (Fsp3) is 0.312. The minimum Gasteiger partial charge on any atom is -0.472 e. The molecule has 2 aromatic rings. The van der Waals surface area contributed by atoms with Gasteiger partial charge in [0.15, 0.2) is 0 Å². The molecule has 2 rings (SSSR count). The van der Waals surface area contributed by atoms with E-state index < -0.39 is 0 Å². The molecule has 0 aliphatic rings. The Hall–Kier alpha value is -2.03. The van der Waals surface area contributed by atoms with Crippen molar-refractivity contribution in [2.45, 2.75) is 32.9 Å². The predicted molar refractivity (Wildman–Crippen MR) is 74.8 cm³/mol. The van der Waals surface area contributed by atoms with E-state index in [2.05, 4.69) is 13.8 Å². The van der Waals surface area contributed by atoms with Crippen molar-refractivity contribution in [3.63, 3.8) is 0 Å². The number of benzene rings is 1. The van der Waals surface area contributed by atoms with Gasteiger partial charge in [-0.2, -0.15) is 0 Å². The molecule has 0 saturated heterocycles. The van der Waals surface area contributed by atoms with Crippen molar-refractivity contribution in [2.75, 3.05) is 0 Å². The van der Waals surface area contributed by atoms with E-state index in [-0.39, 0.29) is 11.9 Å². The molecule has 0 fully saturated rings. The van der Waals surface area contributed by atoms with Crippen LogP contribution in [0.25, 0.3) is 0 Å². The van der Waals surface area contributed by atoms with Crippen LogP contribution in [0.4, 0.5) is 0 Å². The second-order valence-electron chi connectivity index (χ2n) is 4.69. The summed E-state index contributed by atoms with van der Waals surface area (Å²) in [5.41, 5.74) is 1.75. The summed E-state index contributed by atoms with van der Waals surface area (Å²) in [5, 5.41) is 0. The number of carbonyl (C=O) groups is 1. The normalized spacial score (nSPS) is 12.1. The average Bonchev–Trinajstić information content (AvgIpc) is 2.98. The van der Waals surface area contributed by atoms with Gasteiger partial charge < -0.3 is 9.32 Å². The highest BCUT2D eigenvalue weighted by molar-refractivity contribution is 5.94. The molecule has 1 unspecified atom stereocenters. The fourth-order valence-electron chi connectivity index (χ4n) is 1.98. The summed E-state index contributed by atoms with van der Waals surface area (Å²) >= 11 is 0. The maximum atomic E-state index is 12.5. The van der Waals surface area contributed by atoms with E-state index in [1.165, 1.54) is 12.5 Å². The van der Waals surface area contributed by atoms with Crippen LogP contribution in [0, 0.1) is 0 Å². The third-order valence-corrected chi connectivity index (χ3v) is 3.35. The Morgan fingerprint density at radius 3 is 2.58 bits per heavy atom. The number of furan rings is 1. The first-order valence-electron chi connectivity index (χ1n) is 6.59. The van der Waals surface area contributed by atoms with Crippen molar-refractivity contribution in [3.8, 4) is 0 Å². The molecule has 1 amide bonds. The van der Waals surface area contributed by atoms with E-state index in [0.29, 0.717) is 12.1 Å². The van der Waals surface area contributed by atoms with Gasteiger partial charge in [0.05, 0.1) is 11.8 Å². The van der Waals surface area contributed by atoms with Crippen LogP contribution in [0.3, 0.4) is 0 Å². The lowest BCUT2D eigenvalue weighted by atomic mass is 10.1. The molecule has 19 heavy (non-hydrogen) atoms. The van der Waals surface area contributed by atoms with Gasteiger partial charge in [-0.25, -0.2) is 0 Å². The molecule has 1 heterocycles. The molecule has 0 spiro atoms. The number of hydrogen-bond donors (Lipinski definition) is 0. The molecule has 0 bridgehead atoms. The molecule has 1 atom stereocenters. The van der Waals surface area contributed by atoms with E-state index in [4.69, 9.17) is 4.42 Å². The molecule has 3 nitrogen and oxygen atoms in total. The Kier molecular flexibility index (Phi) is 4.39. The van der Waals surface area contributed by atoms with E-state index in [1.54, 1.807) is 6.07 Å². The van der Waals surface area contributed by atoms with Gasteiger partial charge in [-0.1, -0.05) is 37.3 Å². The highest BCUT2D eigenvalue weighted by Gasteiger charge is 2.21. The van der Waals surface area contributed by atoms with Crippen LogP contribution in [0.1, 0.15) is 36.2 Å². The number of nitrogens with zero attached hydrogens (tertiary/aromatic N) is 1. The van der Waals surface area contributed by atoms with E-state index in [1.807, 2.05) is 35.2 Å². The lowest BCUT2D eigenvalue weighted by Crippen LogP contribution is -2.37. The Morgan fingerprint density at radius 1 is 1.26 bits per heavy atom. The van der Waals surface area contributed by atoms with Crippen molar-refractivity contribution in [3.05, 3.63) is 60.1 Å². The first-order valence-corrected chi connectivity index (χ1v) is 6.59. The Bertz CT molecular complexity index is 505. The maximum Gasteiger partial charge on any atom is 0.257 e. The lowest BCUT2D eigenvalue weighted by Gasteiger charge is -2.28. The summed E-state index contributed by atoms with van der Waals surface area (Å²) in [6.07, 6.45) is 3.96. The van der Waals surface area contributed by atoms with Crippen molar-refractivity contribution >= 4 is 5.91 Å². The molecule has 1 aromatic heterocycles. The SMILES string of the molecule is CCC(C)N(Cc1ccccc1)C(=O)c1ccoc1. The van der Waals surface area contributed by atoms with Crippen LogP contribution >= 0.6 is 0 Å². The minimum atomic E-state index is 0.0203. The highest BCUT2D eigenvalue weighted by Crippen LogP contribution is 2.15. The maximum absolute atomic E-state index is 12.5. The van der Waals surface area contributed by atoms with Gasteiger partial charge in [-0.15, -0.1) is 0 Å². The first-order chi connectivity index (χ1) is 9.22. The summed E-state index contributed by atoms with van der Waals surface area (Å²) in [6.45, 7) is 4.78. The molecular weight excluding hydrogens is 238 g/mol. The van der Waals surface area contributed by atoms with E-state index in [9.17, 15) is 4.79 Å². The molecule has 0 N–H and O–H groups in total. The summed E-state index contributed by atoms with van der Waals surface area (Å²) in [7, 11) is 0. The van der Waals surface area contributed by atoms with Gasteiger partial charge >= 0.3 is 0 Å². The van der Waals surface area contributed by atoms with Crippen LogP contribution in [-0.4, -0.2) is 16.8 Å². The van der Waals surface area contributed by atoms with Crippen LogP contribution in [0.2, 0.25) is 0 Å².